The molecule has 0 aliphatic carbocycles. The maximum absolute atomic E-state index is 12.9. The van der Waals surface area contributed by atoms with E-state index in [1.54, 1.807) is 4.68 Å². The highest BCUT2D eigenvalue weighted by molar-refractivity contribution is 5.95. The Kier molecular flexibility index (Phi) is 4.93. The van der Waals surface area contributed by atoms with E-state index in [2.05, 4.69) is 20.3 Å². The minimum Gasteiger partial charge on any atom is -0.440 e. The maximum atomic E-state index is 12.9. The number of oxazole rings is 1. The molecule has 0 saturated carbocycles. The van der Waals surface area contributed by atoms with Gasteiger partial charge < -0.3 is 9.73 Å². The second kappa shape index (κ2) is 7.39. The van der Waals surface area contributed by atoms with Gasteiger partial charge >= 0.3 is 0 Å². The van der Waals surface area contributed by atoms with E-state index < -0.39 is 0 Å². The van der Waals surface area contributed by atoms with Gasteiger partial charge in [0.15, 0.2) is 11.5 Å². The zero-order valence-corrected chi connectivity index (χ0v) is 16.9. The van der Waals surface area contributed by atoms with Gasteiger partial charge in [-0.25, -0.2) is 4.98 Å². The quantitative estimate of drug-likeness (QED) is 0.750. The smallest absolute Gasteiger partial charge is 0.241 e. The molecule has 0 unspecified atom stereocenters. The number of para-hydroxylation sites is 2. The number of hydrogen-bond acceptors (Lipinski definition) is 5. The molecular formula is C21H27N5O2. The average molecular weight is 381 g/mol. The third-order valence-electron chi connectivity index (χ3n) is 5.80. The largest absolute Gasteiger partial charge is 0.440 e. The number of carbonyl (C=O) groups is 1. The first-order valence-electron chi connectivity index (χ1n) is 9.84. The Bertz CT molecular complexity index is 973. The highest BCUT2D eigenvalue weighted by atomic mass is 16.3. The van der Waals surface area contributed by atoms with Crippen LogP contribution in [-0.4, -0.2) is 44.7 Å². The summed E-state index contributed by atoms with van der Waals surface area (Å²) >= 11 is 0. The molecule has 2 aromatic heterocycles. The molecule has 1 saturated heterocycles. The van der Waals surface area contributed by atoms with Crippen molar-refractivity contribution in [3.8, 4) is 0 Å². The van der Waals surface area contributed by atoms with E-state index in [1.165, 1.54) is 0 Å². The Morgan fingerprint density at radius 3 is 2.82 bits per heavy atom. The Labute approximate surface area is 164 Å². The third kappa shape index (κ3) is 3.42. The van der Waals surface area contributed by atoms with Crippen LogP contribution in [-0.2, 0) is 11.8 Å². The van der Waals surface area contributed by atoms with Crippen molar-refractivity contribution >= 4 is 22.7 Å². The average Bonchev–Trinajstić information content (AvgIpc) is 3.24. The zero-order chi connectivity index (χ0) is 19.8. The number of amides is 1. The van der Waals surface area contributed by atoms with Gasteiger partial charge in [0.25, 0.3) is 0 Å². The molecule has 1 N–H and O–H groups in total. The fourth-order valence-corrected chi connectivity index (χ4v) is 3.97. The summed E-state index contributed by atoms with van der Waals surface area (Å²) in [6, 6.07) is 7.61. The van der Waals surface area contributed by atoms with Gasteiger partial charge in [0.1, 0.15) is 5.52 Å². The monoisotopic (exact) mass is 381 g/mol. The van der Waals surface area contributed by atoms with Gasteiger partial charge in [-0.2, -0.15) is 5.10 Å². The molecule has 0 radical (unpaired) electrons. The third-order valence-corrected chi connectivity index (χ3v) is 5.80. The molecular weight excluding hydrogens is 354 g/mol. The van der Waals surface area contributed by atoms with Crippen molar-refractivity contribution in [2.24, 2.45) is 7.05 Å². The first-order chi connectivity index (χ1) is 13.4. The number of hydrogen-bond donors (Lipinski definition) is 1. The van der Waals surface area contributed by atoms with Crippen molar-refractivity contribution in [1.29, 1.82) is 0 Å². The van der Waals surface area contributed by atoms with Crippen molar-refractivity contribution in [2.75, 3.05) is 18.4 Å². The van der Waals surface area contributed by atoms with Crippen LogP contribution in [0.1, 0.15) is 43.0 Å². The Morgan fingerprint density at radius 2 is 2.11 bits per heavy atom. The van der Waals surface area contributed by atoms with E-state index in [1.807, 2.05) is 52.1 Å². The number of nitrogens with one attached hydrogen (secondary N) is 1. The van der Waals surface area contributed by atoms with Crippen molar-refractivity contribution in [3.63, 3.8) is 0 Å². The molecule has 148 valence electrons. The molecule has 7 heteroatoms. The highest BCUT2D eigenvalue weighted by Gasteiger charge is 2.31. The molecule has 1 amide bonds. The minimum atomic E-state index is -0.230. The Balaban J connectivity index is 1.46. The number of likely N-dealkylation sites (tertiary alicyclic amines) is 1. The predicted molar refractivity (Wildman–Crippen MR) is 108 cm³/mol. The first kappa shape index (κ1) is 18.7. The zero-order valence-electron chi connectivity index (χ0n) is 16.9. The number of piperidine rings is 1. The van der Waals surface area contributed by atoms with E-state index in [9.17, 15) is 4.79 Å². The molecule has 3 heterocycles. The Hall–Kier alpha value is -2.67. The molecule has 7 nitrogen and oxygen atoms in total. The van der Waals surface area contributed by atoms with Crippen LogP contribution in [0.25, 0.3) is 11.1 Å². The summed E-state index contributed by atoms with van der Waals surface area (Å²) in [5, 5.41) is 7.45. The number of nitrogens with zero attached hydrogens (tertiary/aromatic N) is 4. The van der Waals surface area contributed by atoms with E-state index in [-0.39, 0.29) is 17.9 Å². The standard InChI is InChI=1S/C21H27N5O2/c1-13-19(14(2)25(4)24-13)23-20(27)15(3)26-11-7-8-16(12-26)21-22-17-9-5-6-10-18(17)28-21/h5-6,9-10,15-16H,7-8,11-12H2,1-4H3,(H,23,27)/t15-,16+/m1/s1. The summed E-state index contributed by atoms with van der Waals surface area (Å²) in [5.74, 6) is 0.980. The van der Waals surface area contributed by atoms with Crippen LogP contribution in [0.2, 0.25) is 0 Å². The van der Waals surface area contributed by atoms with Crippen molar-refractivity contribution in [1.82, 2.24) is 19.7 Å². The SMILES string of the molecule is Cc1nn(C)c(C)c1NC(=O)[C@@H](C)N1CCC[C@H](c2nc3ccccc3o2)C1. The van der Waals surface area contributed by atoms with E-state index in [0.29, 0.717) is 0 Å². The second-order valence-electron chi connectivity index (χ2n) is 7.69. The lowest BCUT2D eigenvalue weighted by Gasteiger charge is -2.34. The number of benzene rings is 1. The summed E-state index contributed by atoms with van der Waals surface area (Å²) in [6.07, 6.45) is 2.05. The molecule has 28 heavy (non-hydrogen) atoms. The van der Waals surface area contributed by atoms with Crippen molar-refractivity contribution in [2.45, 2.75) is 45.6 Å². The van der Waals surface area contributed by atoms with E-state index in [4.69, 9.17) is 4.42 Å². The molecule has 2 atom stereocenters. The minimum absolute atomic E-state index is 0.00239. The van der Waals surface area contributed by atoms with Crippen LogP contribution in [0.4, 0.5) is 5.69 Å². The first-order valence-corrected chi connectivity index (χ1v) is 9.84. The van der Waals surface area contributed by atoms with Gasteiger partial charge in [0.05, 0.1) is 23.1 Å². The molecule has 3 aromatic rings. The number of aryl methyl sites for hydroxylation is 2. The van der Waals surface area contributed by atoms with E-state index >= 15 is 0 Å². The topological polar surface area (TPSA) is 76.2 Å². The maximum Gasteiger partial charge on any atom is 0.241 e. The molecule has 4 rings (SSSR count). The van der Waals surface area contributed by atoms with Gasteiger partial charge in [-0.05, 0) is 52.3 Å². The summed E-state index contributed by atoms with van der Waals surface area (Å²) in [7, 11) is 1.89. The van der Waals surface area contributed by atoms with Gasteiger partial charge in [0.2, 0.25) is 5.91 Å². The highest BCUT2D eigenvalue weighted by Crippen LogP contribution is 2.30. The number of fused-ring (bicyclic) bond motifs is 1. The lowest BCUT2D eigenvalue weighted by molar-refractivity contribution is -0.121. The molecule has 1 aliphatic heterocycles. The van der Waals surface area contributed by atoms with Gasteiger partial charge in [0, 0.05) is 19.5 Å². The van der Waals surface area contributed by atoms with Gasteiger partial charge in [-0.15, -0.1) is 0 Å². The van der Waals surface area contributed by atoms with Crippen LogP contribution in [0.5, 0.6) is 0 Å². The molecule has 1 aromatic carbocycles. The molecule has 1 aliphatic rings. The number of carbonyl (C=O) groups excluding carboxylic acids is 1. The summed E-state index contributed by atoms with van der Waals surface area (Å²) in [6.45, 7) is 7.51. The van der Waals surface area contributed by atoms with Crippen LogP contribution in [0, 0.1) is 13.8 Å². The molecule has 0 spiro atoms. The van der Waals surface area contributed by atoms with Crippen molar-refractivity contribution in [3.05, 3.63) is 41.5 Å². The van der Waals surface area contributed by atoms with Crippen LogP contribution in [0.3, 0.4) is 0 Å². The predicted octanol–water partition coefficient (Wildman–Crippen LogP) is 3.38. The fourth-order valence-electron chi connectivity index (χ4n) is 3.97. The lowest BCUT2D eigenvalue weighted by Crippen LogP contribution is -2.46. The number of anilines is 1. The number of rotatable bonds is 4. The Morgan fingerprint density at radius 1 is 1.32 bits per heavy atom. The number of aromatic nitrogens is 3. The molecule has 1 fully saturated rings. The summed E-state index contributed by atoms with van der Waals surface area (Å²) in [5.41, 5.74) is 4.32. The van der Waals surface area contributed by atoms with Crippen LogP contribution in [0.15, 0.2) is 28.7 Å². The second-order valence-corrected chi connectivity index (χ2v) is 7.69. The van der Waals surface area contributed by atoms with Gasteiger partial charge in [-0.1, -0.05) is 12.1 Å². The van der Waals surface area contributed by atoms with Crippen molar-refractivity contribution < 1.29 is 9.21 Å². The molecule has 0 bridgehead atoms. The van der Waals surface area contributed by atoms with E-state index in [0.717, 1.165) is 60.0 Å². The fraction of sp³-hybridized carbons (Fsp3) is 0.476. The lowest BCUT2D eigenvalue weighted by atomic mass is 9.96. The van der Waals surface area contributed by atoms with Crippen LogP contribution >= 0.6 is 0 Å². The van der Waals surface area contributed by atoms with Gasteiger partial charge in [-0.3, -0.25) is 14.4 Å². The normalized spacial score (nSPS) is 19.1. The summed E-state index contributed by atoms with van der Waals surface area (Å²) in [4.78, 5) is 19.8. The summed E-state index contributed by atoms with van der Waals surface area (Å²) < 4.78 is 7.77. The van der Waals surface area contributed by atoms with Crippen LogP contribution < -0.4 is 5.32 Å².